The molecule has 0 radical (unpaired) electrons. The molecule has 17 heavy (non-hydrogen) atoms. The highest BCUT2D eigenvalue weighted by molar-refractivity contribution is 5.85. The minimum Gasteiger partial charge on any atom is -0.399 e. The summed E-state index contributed by atoms with van der Waals surface area (Å²) in [7, 11) is 0. The first kappa shape index (κ1) is 14.1. The van der Waals surface area contributed by atoms with Gasteiger partial charge in [0, 0.05) is 31.0 Å². The number of aliphatic hydroxyl groups is 1. The third-order valence-corrected chi connectivity index (χ3v) is 3.12. The fourth-order valence-electron chi connectivity index (χ4n) is 2.08. The Kier molecular flexibility index (Phi) is 5.05. The predicted molar refractivity (Wildman–Crippen MR) is 73.0 cm³/mol. The molecule has 0 amide bonds. The van der Waals surface area contributed by atoms with Gasteiger partial charge >= 0.3 is 0 Å². The average Bonchev–Trinajstić information content (AvgIpc) is 2.25. The molecular formula is C12H20ClN3O. The van der Waals surface area contributed by atoms with Crippen molar-refractivity contribution in [1.82, 2.24) is 4.90 Å². The molecule has 1 aromatic rings. The molecule has 4 nitrogen and oxygen atoms in total. The molecule has 1 aromatic carbocycles. The van der Waals surface area contributed by atoms with E-state index >= 15 is 0 Å². The van der Waals surface area contributed by atoms with Gasteiger partial charge in [-0.1, -0.05) is 6.07 Å². The van der Waals surface area contributed by atoms with E-state index in [-0.39, 0.29) is 18.5 Å². The summed E-state index contributed by atoms with van der Waals surface area (Å²) >= 11 is 0. The summed E-state index contributed by atoms with van der Waals surface area (Å²) in [6.45, 7) is 2.72. The van der Waals surface area contributed by atoms with E-state index in [0.717, 1.165) is 43.7 Å². The van der Waals surface area contributed by atoms with Crippen LogP contribution < -0.4 is 11.5 Å². The first-order valence-electron chi connectivity index (χ1n) is 5.69. The smallest absolute Gasteiger partial charge is 0.0564 e. The van der Waals surface area contributed by atoms with Crippen LogP contribution >= 0.6 is 12.4 Å². The van der Waals surface area contributed by atoms with E-state index in [1.54, 1.807) is 6.07 Å². The van der Waals surface area contributed by atoms with Crippen molar-refractivity contribution < 1.29 is 5.11 Å². The summed E-state index contributed by atoms with van der Waals surface area (Å²) in [6.07, 6.45) is 1.59. The molecule has 1 fully saturated rings. The number of nitrogen functional groups attached to an aromatic ring is 2. The van der Waals surface area contributed by atoms with Gasteiger partial charge in [0.25, 0.3) is 0 Å². The fraction of sp³-hybridized carbons (Fsp3) is 0.500. The molecule has 1 heterocycles. The van der Waals surface area contributed by atoms with Gasteiger partial charge in [-0.05, 0) is 30.5 Å². The Morgan fingerprint density at radius 2 is 1.88 bits per heavy atom. The molecule has 5 heteroatoms. The number of benzene rings is 1. The minimum atomic E-state index is -0.125. The fourth-order valence-corrected chi connectivity index (χ4v) is 2.08. The number of piperidine rings is 1. The highest BCUT2D eigenvalue weighted by Crippen LogP contribution is 2.19. The van der Waals surface area contributed by atoms with Crippen LogP contribution in [0.4, 0.5) is 11.4 Å². The second kappa shape index (κ2) is 6.10. The van der Waals surface area contributed by atoms with E-state index in [9.17, 15) is 5.11 Å². The first-order chi connectivity index (χ1) is 7.65. The van der Waals surface area contributed by atoms with Gasteiger partial charge in [0.1, 0.15) is 0 Å². The van der Waals surface area contributed by atoms with Crippen LogP contribution in [0.25, 0.3) is 0 Å². The number of aliphatic hydroxyl groups excluding tert-OH is 1. The number of likely N-dealkylation sites (tertiary alicyclic amines) is 1. The lowest BCUT2D eigenvalue weighted by Gasteiger charge is -2.29. The molecule has 0 spiro atoms. The van der Waals surface area contributed by atoms with Crippen LogP contribution in [0.3, 0.4) is 0 Å². The maximum absolute atomic E-state index is 9.42. The largest absolute Gasteiger partial charge is 0.399 e. The van der Waals surface area contributed by atoms with Crippen molar-refractivity contribution in [3.8, 4) is 0 Å². The number of rotatable bonds is 2. The van der Waals surface area contributed by atoms with Crippen LogP contribution in [0, 0.1) is 0 Å². The normalized spacial score (nSPS) is 17.7. The van der Waals surface area contributed by atoms with Crippen LogP contribution in [0.15, 0.2) is 18.2 Å². The van der Waals surface area contributed by atoms with E-state index in [1.165, 1.54) is 0 Å². The van der Waals surface area contributed by atoms with Crippen molar-refractivity contribution in [3.05, 3.63) is 23.8 Å². The second-order valence-corrected chi connectivity index (χ2v) is 4.47. The zero-order valence-electron chi connectivity index (χ0n) is 9.80. The monoisotopic (exact) mass is 257 g/mol. The number of anilines is 2. The molecule has 1 aliphatic rings. The molecule has 0 unspecified atom stereocenters. The SMILES string of the molecule is Cl.Nc1ccc(CN2CCC(O)CC2)c(N)c1. The Balaban J connectivity index is 0.00000144. The van der Waals surface area contributed by atoms with Gasteiger partial charge in [0.15, 0.2) is 0 Å². The Hall–Kier alpha value is -0.970. The van der Waals surface area contributed by atoms with Crippen molar-refractivity contribution in [1.29, 1.82) is 0 Å². The van der Waals surface area contributed by atoms with Crippen LogP contribution in [-0.2, 0) is 6.54 Å². The van der Waals surface area contributed by atoms with E-state index in [2.05, 4.69) is 4.90 Å². The number of hydrogen-bond acceptors (Lipinski definition) is 4. The summed E-state index contributed by atoms with van der Waals surface area (Å²) in [4.78, 5) is 2.31. The maximum Gasteiger partial charge on any atom is 0.0564 e. The van der Waals surface area contributed by atoms with Crippen molar-refractivity contribution in [2.45, 2.75) is 25.5 Å². The van der Waals surface area contributed by atoms with Crippen molar-refractivity contribution in [3.63, 3.8) is 0 Å². The van der Waals surface area contributed by atoms with Gasteiger partial charge in [0.2, 0.25) is 0 Å². The number of hydrogen-bond donors (Lipinski definition) is 3. The van der Waals surface area contributed by atoms with Crippen LogP contribution in [-0.4, -0.2) is 29.2 Å². The topological polar surface area (TPSA) is 75.5 Å². The van der Waals surface area contributed by atoms with Gasteiger partial charge < -0.3 is 16.6 Å². The Bertz CT molecular complexity index is 365. The molecule has 0 bridgehead atoms. The van der Waals surface area contributed by atoms with E-state index in [1.807, 2.05) is 12.1 Å². The third kappa shape index (κ3) is 3.77. The number of nitrogens with two attached hydrogens (primary N) is 2. The lowest BCUT2D eigenvalue weighted by Crippen LogP contribution is -2.35. The van der Waals surface area contributed by atoms with E-state index in [0.29, 0.717) is 5.69 Å². The van der Waals surface area contributed by atoms with E-state index in [4.69, 9.17) is 11.5 Å². The Morgan fingerprint density at radius 1 is 1.24 bits per heavy atom. The van der Waals surface area contributed by atoms with Gasteiger partial charge in [-0.3, -0.25) is 4.90 Å². The average molecular weight is 258 g/mol. The Morgan fingerprint density at radius 3 is 2.47 bits per heavy atom. The highest BCUT2D eigenvalue weighted by atomic mass is 35.5. The van der Waals surface area contributed by atoms with Crippen LogP contribution in [0.2, 0.25) is 0 Å². The standard InChI is InChI=1S/C12H19N3O.ClH/c13-10-2-1-9(12(14)7-10)8-15-5-3-11(16)4-6-15;/h1-2,7,11,16H,3-6,8,13-14H2;1H. The zero-order valence-corrected chi connectivity index (χ0v) is 10.6. The molecule has 1 saturated heterocycles. The van der Waals surface area contributed by atoms with Crippen LogP contribution in [0.1, 0.15) is 18.4 Å². The maximum atomic E-state index is 9.42. The third-order valence-electron chi connectivity index (χ3n) is 3.12. The first-order valence-corrected chi connectivity index (χ1v) is 5.69. The lowest BCUT2D eigenvalue weighted by atomic mass is 10.1. The summed E-state index contributed by atoms with van der Waals surface area (Å²) in [5, 5.41) is 9.42. The lowest BCUT2D eigenvalue weighted by molar-refractivity contribution is 0.0793. The molecule has 0 atom stereocenters. The molecule has 1 aliphatic heterocycles. The van der Waals surface area contributed by atoms with Crippen LogP contribution in [0.5, 0.6) is 0 Å². The molecular weight excluding hydrogens is 238 g/mol. The Labute approximate surface area is 108 Å². The van der Waals surface area contributed by atoms with Gasteiger partial charge in [-0.15, -0.1) is 12.4 Å². The zero-order chi connectivity index (χ0) is 11.5. The molecule has 0 aromatic heterocycles. The second-order valence-electron chi connectivity index (χ2n) is 4.47. The minimum absolute atomic E-state index is 0. The predicted octanol–water partition coefficient (Wildman–Crippen LogP) is 1.23. The summed E-state index contributed by atoms with van der Waals surface area (Å²) < 4.78 is 0. The van der Waals surface area contributed by atoms with Gasteiger partial charge in [0.05, 0.1) is 6.10 Å². The number of nitrogens with zero attached hydrogens (tertiary/aromatic N) is 1. The number of halogens is 1. The molecule has 5 N–H and O–H groups in total. The van der Waals surface area contributed by atoms with Gasteiger partial charge in [-0.2, -0.15) is 0 Å². The van der Waals surface area contributed by atoms with Crippen molar-refractivity contribution >= 4 is 23.8 Å². The molecule has 0 aliphatic carbocycles. The summed E-state index contributed by atoms with van der Waals surface area (Å²) in [6, 6.07) is 5.66. The molecule has 96 valence electrons. The van der Waals surface area contributed by atoms with Crippen molar-refractivity contribution in [2.24, 2.45) is 0 Å². The highest BCUT2D eigenvalue weighted by Gasteiger charge is 2.17. The quantitative estimate of drug-likeness (QED) is 0.697. The molecule has 2 rings (SSSR count). The summed E-state index contributed by atoms with van der Waals surface area (Å²) in [5.41, 5.74) is 14.1. The summed E-state index contributed by atoms with van der Waals surface area (Å²) in [5.74, 6) is 0. The van der Waals surface area contributed by atoms with Gasteiger partial charge in [-0.25, -0.2) is 0 Å². The molecule has 0 saturated carbocycles. The van der Waals surface area contributed by atoms with Crippen molar-refractivity contribution in [2.75, 3.05) is 24.6 Å². The van der Waals surface area contributed by atoms with E-state index < -0.39 is 0 Å².